The van der Waals surface area contributed by atoms with Crippen LogP contribution in [0.1, 0.15) is 30.9 Å². The Hall–Kier alpha value is -3.34. The Labute approximate surface area is 179 Å². The average Bonchev–Trinajstić information content (AvgIpc) is 2.74. The zero-order valence-corrected chi connectivity index (χ0v) is 17.9. The zero-order chi connectivity index (χ0) is 21.9. The lowest BCUT2D eigenvalue weighted by atomic mass is 10.1. The maximum absolute atomic E-state index is 14.9. The molecule has 0 atom stereocenters. The maximum atomic E-state index is 14.9. The summed E-state index contributed by atoms with van der Waals surface area (Å²) in [6.45, 7) is 17.0. The monoisotopic (exact) mass is 406 g/mol. The number of para-hydroxylation sites is 1. The minimum Gasteiger partial charge on any atom is -0.384 e. The summed E-state index contributed by atoms with van der Waals surface area (Å²) < 4.78 is 14.9. The van der Waals surface area contributed by atoms with Gasteiger partial charge in [0.2, 0.25) is 0 Å². The molecule has 2 aromatic rings. The molecular weight excluding hydrogens is 375 g/mol. The number of aliphatic imine (C=N–C) groups is 1. The van der Waals surface area contributed by atoms with E-state index in [2.05, 4.69) is 42.4 Å². The van der Waals surface area contributed by atoms with Gasteiger partial charge in [-0.2, -0.15) is 0 Å². The van der Waals surface area contributed by atoms with Gasteiger partial charge in [-0.3, -0.25) is 0 Å². The molecule has 5 heteroatoms. The summed E-state index contributed by atoms with van der Waals surface area (Å²) in [4.78, 5) is 6.00. The van der Waals surface area contributed by atoms with Gasteiger partial charge in [0, 0.05) is 13.1 Å². The molecule has 0 unspecified atom stereocenters. The van der Waals surface area contributed by atoms with Gasteiger partial charge in [-0.05, 0) is 44.0 Å². The van der Waals surface area contributed by atoms with Gasteiger partial charge in [-0.1, -0.05) is 68.5 Å². The van der Waals surface area contributed by atoms with Crippen LogP contribution in [-0.4, -0.2) is 13.3 Å². The maximum Gasteiger partial charge on any atom is 0.155 e. The van der Waals surface area contributed by atoms with Gasteiger partial charge in [0.1, 0.15) is 11.5 Å². The largest absolute Gasteiger partial charge is 0.384 e. The summed E-state index contributed by atoms with van der Waals surface area (Å²) >= 11 is 0. The normalized spacial score (nSPS) is 11.3. The Morgan fingerprint density at radius 2 is 1.87 bits per heavy atom. The van der Waals surface area contributed by atoms with Crippen molar-refractivity contribution in [1.82, 2.24) is 10.6 Å². The van der Waals surface area contributed by atoms with Crippen LogP contribution in [0.25, 0.3) is 0 Å². The van der Waals surface area contributed by atoms with Gasteiger partial charge < -0.3 is 15.5 Å². The van der Waals surface area contributed by atoms with E-state index in [4.69, 9.17) is 0 Å². The van der Waals surface area contributed by atoms with Gasteiger partial charge in [0.05, 0.1) is 11.4 Å². The van der Waals surface area contributed by atoms with Crippen LogP contribution < -0.4 is 15.5 Å². The van der Waals surface area contributed by atoms with Gasteiger partial charge in [0.15, 0.2) is 5.82 Å². The molecule has 158 valence electrons. The average molecular weight is 407 g/mol. The first-order chi connectivity index (χ1) is 14.5. The predicted octanol–water partition coefficient (Wildman–Crippen LogP) is 5.65. The fraction of sp³-hybridized carbons (Fsp3) is 0.240. The molecule has 0 heterocycles. The van der Waals surface area contributed by atoms with E-state index in [1.165, 1.54) is 17.8 Å². The molecule has 2 aromatic carbocycles. The first-order valence-electron chi connectivity index (χ1n) is 10.1. The number of halogens is 1. The lowest BCUT2D eigenvalue weighted by molar-refractivity contribution is 0.620. The summed E-state index contributed by atoms with van der Waals surface area (Å²) in [5.74, 6) is 0.125. The van der Waals surface area contributed by atoms with Crippen LogP contribution in [0.4, 0.5) is 10.1 Å². The van der Waals surface area contributed by atoms with Crippen molar-refractivity contribution >= 4 is 12.4 Å². The summed E-state index contributed by atoms with van der Waals surface area (Å²) in [5.41, 5.74) is 3.88. The van der Waals surface area contributed by atoms with E-state index < -0.39 is 0 Å². The molecule has 0 fully saturated rings. The summed E-state index contributed by atoms with van der Waals surface area (Å²) in [6.07, 6.45) is 3.57. The number of unbranched alkanes of at least 4 members (excludes halogenated alkanes) is 1. The highest BCUT2D eigenvalue weighted by Crippen LogP contribution is 2.29. The van der Waals surface area contributed by atoms with Crippen molar-refractivity contribution in [3.05, 3.63) is 102 Å². The van der Waals surface area contributed by atoms with E-state index >= 15 is 0 Å². The molecule has 0 aliphatic carbocycles. The molecular formula is C25H31FN4. The Balaban J connectivity index is 2.59. The van der Waals surface area contributed by atoms with Crippen molar-refractivity contribution in [2.75, 3.05) is 11.4 Å². The minimum atomic E-state index is -0.328. The van der Waals surface area contributed by atoms with E-state index in [0.717, 1.165) is 24.9 Å². The third-order valence-electron chi connectivity index (χ3n) is 4.65. The molecule has 0 bridgehead atoms. The van der Waals surface area contributed by atoms with Crippen LogP contribution >= 0.6 is 0 Å². The van der Waals surface area contributed by atoms with E-state index in [0.29, 0.717) is 29.4 Å². The van der Waals surface area contributed by atoms with Crippen molar-refractivity contribution in [2.24, 2.45) is 4.99 Å². The van der Waals surface area contributed by atoms with Crippen LogP contribution in [0, 0.1) is 12.7 Å². The number of nitrogens with zero attached hydrogens (tertiary/aromatic N) is 2. The molecule has 30 heavy (non-hydrogen) atoms. The molecule has 0 amide bonds. The SMILES string of the molecule is C=CN/C(N=C)=C(\C(=C)NCCCC)N(Cc1ccc(C)cc1)c1ccccc1F. The number of hydrogen-bond donors (Lipinski definition) is 2. The second kappa shape index (κ2) is 11.6. The van der Waals surface area contributed by atoms with Crippen molar-refractivity contribution in [1.29, 1.82) is 0 Å². The Kier molecular flexibility index (Phi) is 8.88. The third kappa shape index (κ3) is 6.08. The molecule has 0 saturated heterocycles. The Morgan fingerprint density at radius 1 is 1.17 bits per heavy atom. The van der Waals surface area contributed by atoms with Gasteiger partial charge in [-0.15, -0.1) is 0 Å². The number of rotatable bonds is 12. The Bertz CT molecular complexity index is 900. The minimum absolute atomic E-state index is 0.328. The highest BCUT2D eigenvalue weighted by atomic mass is 19.1. The summed E-state index contributed by atoms with van der Waals surface area (Å²) in [5, 5.41) is 6.36. The lowest BCUT2D eigenvalue weighted by Gasteiger charge is -2.31. The molecule has 0 saturated carbocycles. The number of aryl methyl sites for hydroxylation is 1. The molecule has 4 nitrogen and oxygen atoms in total. The number of benzene rings is 2. The fourth-order valence-electron chi connectivity index (χ4n) is 3.05. The first-order valence-corrected chi connectivity index (χ1v) is 10.1. The smallest absolute Gasteiger partial charge is 0.155 e. The van der Waals surface area contributed by atoms with Gasteiger partial charge in [0.25, 0.3) is 0 Å². The van der Waals surface area contributed by atoms with Gasteiger partial charge in [-0.25, -0.2) is 9.38 Å². The zero-order valence-electron chi connectivity index (χ0n) is 17.9. The van der Waals surface area contributed by atoms with Crippen LogP contribution in [0.3, 0.4) is 0 Å². The molecule has 2 rings (SSSR count). The van der Waals surface area contributed by atoms with Crippen LogP contribution in [0.5, 0.6) is 0 Å². The van der Waals surface area contributed by atoms with E-state index in [9.17, 15) is 4.39 Å². The fourth-order valence-corrected chi connectivity index (χ4v) is 3.05. The van der Waals surface area contributed by atoms with E-state index in [-0.39, 0.29) is 5.82 Å². The van der Waals surface area contributed by atoms with Crippen LogP contribution in [0.15, 0.2) is 90.1 Å². The number of anilines is 1. The van der Waals surface area contributed by atoms with Crippen LogP contribution in [-0.2, 0) is 6.54 Å². The topological polar surface area (TPSA) is 39.7 Å². The third-order valence-corrected chi connectivity index (χ3v) is 4.65. The summed E-state index contributed by atoms with van der Waals surface area (Å²) in [6, 6.07) is 14.8. The molecule has 2 N–H and O–H groups in total. The van der Waals surface area contributed by atoms with E-state index in [1.54, 1.807) is 12.1 Å². The van der Waals surface area contributed by atoms with Crippen molar-refractivity contribution in [2.45, 2.75) is 33.2 Å². The molecule has 0 aliphatic heterocycles. The molecule has 0 spiro atoms. The molecule has 0 radical (unpaired) electrons. The van der Waals surface area contributed by atoms with Crippen molar-refractivity contribution in [3.8, 4) is 0 Å². The van der Waals surface area contributed by atoms with E-state index in [1.807, 2.05) is 42.2 Å². The van der Waals surface area contributed by atoms with Crippen LogP contribution in [0.2, 0.25) is 0 Å². The lowest BCUT2D eigenvalue weighted by Crippen LogP contribution is -2.32. The number of hydrogen-bond acceptors (Lipinski definition) is 4. The first kappa shape index (κ1) is 22.9. The number of nitrogens with one attached hydrogen (secondary N) is 2. The molecule has 0 aliphatic rings. The highest BCUT2D eigenvalue weighted by Gasteiger charge is 2.22. The van der Waals surface area contributed by atoms with Gasteiger partial charge >= 0.3 is 0 Å². The highest BCUT2D eigenvalue weighted by molar-refractivity contribution is 5.59. The van der Waals surface area contributed by atoms with Crippen molar-refractivity contribution < 1.29 is 4.39 Å². The quantitative estimate of drug-likeness (QED) is 0.272. The second-order valence-electron chi connectivity index (χ2n) is 6.99. The molecule has 0 aromatic heterocycles. The standard InChI is InChI=1S/C25H31FN4/c1-6-8-17-29-20(4)24(25(27-5)28-7-2)30(23-12-10-9-11-22(23)26)18-21-15-13-19(3)14-16-21/h7,9-16,28-29H,2,4-6,8,17-18H2,1,3H3/b25-24+. The predicted molar refractivity (Wildman–Crippen MR) is 126 cm³/mol. The Morgan fingerprint density at radius 3 is 2.47 bits per heavy atom. The summed E-state index contributed by atoms with van der Waals surface area (Å²) in [7, 11) is 0. The second-order valence-corrected chi connectivity index (χ2v) is 6.99. The van der Waals surface area contributed by atoms with Crippen molar-refractivity contribution in [3.63, 3.8) is 0 Å².